The molecule has 1 saturated heterocycles. The molecular weight excluding hydrogens is 262 g/mol. The van der Waals surface area contributed by atoms with Crippen molar-refractivity contribution in [3.63, 3.8) is 0 Å². The predicted molar refractivity (Wildman–Crippen MR) is 84.1 cm³/mol. The number of rotatable bonds is 3. The minimum absolute atomic E-state index is 0.157. The van der Waals surface area contributed by atoms with Gasteiger partial charge in [-0.2, -0.15) is 0 Å². The summed E-state index contributed by atoms with van der Waals surface area (Å²) in [6.45, 7) is 4.28. The van der Waals surface area contributed by atoms with Gasteiger partial charge in [-0.3, -0.25) is 9.69 Å². The van der Waals surface area contributed by atoms with E-state index in [2.05, 4.69) is 4.90 Å². The lowest BCUT2D eigenvalue weighted by atomic mass is 10.1. The molecule has 1 heterocycles. The van der Waals surface area contributed by atoms with Crippen molar-refractivity contribution in [1.82, 2.24) is 9.80 Å². The monoisotopic (exact) mass is 287 g/mol. The highest BCUT2D eigenvalue weighted by atomic mass is 16.2. The molecule has 1 amide bonds. The molecule has 0 bridgehead atoms. The molecular formula is C17H25N3O. The molecule has 1 aromatic rings. The highest BCUT2D eigenvalue weighted by Gasteiger charge is 2.28. The van der Waals surface area contributed by atoms with Gasteiger partial charge in [-0.25, -0.2) is 0 Å². The minimum Gasteiger partial charge on any atom is -0.336 e. The SMILES string of the molecule is NCc1ccc(C(=O)N2CCN(C3CCCC3)CC2)cc1. The van der Waals surface area contributed by atoms with E-state index in [-0.39, 0.29) is 5.91 Å². The number of hydrogen-bond donors (Lipinski definition) is 1. The minimum atomic E-state index is 0.157. The zero-order valence-electron chi connectivity index (χ0n) is 12.6. The molecule has 1 aliphatic carbocycles. The van der Waals surface area contributed by atoms with Crippen LogP contribution in [0.2, 0.25) is 0 Å². The van der Waals surface area contributed by atoms with E-state index in [0.717, 1.165) is 43.3 Å². The lowest BCUT2D eigenvalue weighted by Gasteiger charge is -2.38. The van der Waals surface area contributed by atoms with Gasteiger partial charge in [0, 0.05) is 44.3 Å². The molecule has 2 aliphatic rings. The van der Waals surface area contributed by atoms with Gasteiger partial charge < -0.3 is 10.6 Å². The Labute approximate surface area is 126 Å². The van der Waals surface area contributed by atoms with Crippen LogP contribution < -0.4 is 5.73 Å². The third kappa shape index (κ3) is 3.27. The second-order valence-corrected chi connectivity index (χ2v) is 6.17. The largest absolute Gasteiger partial charge is 0.336 e. The van der Waals surface area contributed by atoms with Crippen molar-refractivity contribution in [1.29, 1.82) is 0 Å². The molecule has 0 atom stereocenters. The van der Waals surface area contributed by atoms with Crippen LogP contribution in [-0.2, 0) is 6.54 Å². The quantitative estimate of drug-likeness (QED) is 0.923. The van der Waals surface area contributed by atoms with Gasteiger partial charge in [-0.05, 0) is 30.5 Å². The summed E-state index contributed by atoms with van der Waals surface area (Å²) in [6.07, 6.45) is 5.43. The number of carbonyl (C=O) groups is 1. The van der Waals surface area contributed by atoms with Crippen LogP contribution in [0.25, 0.3) is 0 Å². The summed E-state index contributed by atoms with van der Waals surface area (Å²) in [5, 5.41) is 0. The Balaban J connectivity index is 1.56. The first-order valence-electron chi connectivity index (χ1n) is 8.10. The zero-order chi connectivity index (χ0) is 14.7. The van der Waals surface area contributed by atoms with Gasteiger partial charge in [-0.15, -0.1) is 0 Å². The third-order valence-electron chi connectivity index (χ3n) is 4.88. The van der Waals surface area contributed by atoms with E-state index in [4.69, 9.17) is 5.73 Å². The average molecular weight is 287 g/mol. The molecule has 4 nitrogen and oxygen atoms in total. The topological polar surface area (TPSA) is 49.6 Å². The molecule has 1 saturated carbocycles. The Morgan fingerprint density at radius 1 is 1.05 bits per heavy atom. The van der Waals surface area contributed by atoms with Gasteiger partial charge in [0.15, 0.2) is 0 Å². The Morgan fingerprint density at radius 3 is 2.24 bits per heavy atom. The molecule has 4 heteroatoms. The van der Waals surface area contributed by atoms with Crippen molar-refractivity contribution in [2.45, 2.75) is 38.3 Å². The maximum atomic E-state index is 12.5. The second kappa shape index (κ2) is 6.58. The number of benzene rings is 1. The molecule has 0 aromatic heterocycles. The van der Waals surface area contributed by atoms with Crippen LogP contribution in [-0.4, -0.2) is 47.9 Å². The Kier molecular flexibility index (Phi) is 4.56. The van der Waals surface area contributed by atoms with Gasteiger partial charge in [0.1, 0.15) is 0 Å². The second-order valence-electron chi connectivity index (χ2n) is 6.17. The van der Waals surface area contributed by atoms with Crippen LogP contribution in [0.15, 0.2) is 24.3 Å². The van der Waals surface area contributed by atoms with Gasteiger partial charge in [0.2, 0.25) is 0 Å². The maximum absolute atomic E-state index is 12.5. The van der Waals surface area contributed by atoms with Crippen molar-refractivity contribution >= 4 is 5.91 Å². The molecule has 114 valence electrons. The smallest absolute Gasteiger partial charge is 0.253 e. The van der Waals surface area contributed by atoms with E-state index >= 15 is 0 Å². The van der Waals surface area contributed by atoms with Gasteiger partial charge in [0.25, 0.3) is 5.91 Å². The molecule has 2 N–H and O–H groups in total. The van der Waals surface area contributed by atoms with Crippen LogP contribution in [0.3, 0.4) is 0 Å². The number of hydrogen-bond acceptors (Lipinski definition) is 3. The third-order valence-corrected chi connectivity index (χ3v) is 4.88. The average Bonchev–Trinajstić information content (AvgIpc) is 3.09. The summed E-state index contributed by atoms with van der Waals surface area (Å²) in [6, 6.07) is 8.46. The highest BCUT2D eigenvalue weighted by molar-refractivity contribution is 5.94. The molecule has 1 aliphatic heterocycles. The molecule has 0 spiro atoms. The van der Waals surface area contributed by atoms with Crippen LogP contribution in [0.1, 0.15) is 41.6 Å². The fraction of sp³-hybridized carbons (Fsp3) is 0.588. The van der Waals surface area contributed by atoms with Crippen LogP contribution in [0.4, 0.5) is 0 Å². The number of nitrogens with zero attached hydrogens (tertiary/aromatic N) is 2. The molecule has 1 aromatic carbocycles. The fourth-order valence-corrected chi connectivity index (χ4v) is 3.53. The number of piperazine rings is 1. The van der Waals surface area contributed by atoms with E-state index in [1.54, 1.807) is 0 Å². The van der Waals surface area contributed by atoms with Gasteiger partial charge in [0.05, 0.1) is 0 Å². The standard InChI is InChI=1S/C17H25N3O/c18-13-14-5-7-15(8-6-14)17(21)20-11-9-19(10-12-20)16-3-1-2-4-16/h5-8,16H,1-4,9-13,18H2. The lowest BCUT2D eigenvalue weighted by Crippen LogP contribution is -2.51. The fourth-order valence-electron chi connectivity index (χ4n) is 3.53. The van der Waals surface area contributed by atoms with Crippen molar-refractivity contribution in [3.8, 4) is 0 Å². The summed E-state index contributed by atoms with van der Waals surface area (Å²) in [4.78, 5) is 17.1. The van der Waals surface area contributed by atoms with E-state index in [1.165, 1.54) is 25.7 Å². The predicted octanol–water partition coefficient (Wildman–Crippen LogP) is 1.85. The maximum Gasteiger partial charge on any atom is 0.253 e. The molecule has 3 rings (SSSR count). The first kappa shape index (κ1) is 14.5. The Bertz CT molecular complexity index is 471. The summed E-state index contributed by atoms with van der Waals surface area (Å²) < 4.78 is 0. The van der Waals surface area contributed by atoms with Crippen LogP contribution in [0.5, 0.6) is 0 Å². The molecule has 0 radical (unpaired) electrons. The Morgan fingerprint density at radius 2 is 1.67 bits per heavy atom. The number of amides is 1. The number of nitrogens with two attached hydrogens (primary N) is 1. The van der Waals surface area contributed by atoms with Gasteiger partial charge in [-0.1, -0.05) is 25.0 Å². The molecule has 21 heavy (non-hydrogen) atoms. The first-order chi connectivity index (χ1) is 10.3. The van der Waals surface area contributed by atoms with E-state index in [1.807, 2.05) is 29.2 Å². The van der Waals surface area contributed by atoms with Crippen molar-refractivity contribution < 1.29 is 4.79 Å². The van der Waals surface area contributed by atoms with Gasteiger partial charge >= 0.3 is 0 Å². The summed E-state index contributed by atoms with van der Waals surface area (Å²) in [5.74, 6) is 0.157. The Hall–Kier alpha value is -1.39. The zero-order valence-corrected chi connectivity index (χ0v) is 12.6. The first-order valence-corrected chi connectivity index (χ1v) is 8.10. The van der Waals surface area contributed by atoms with E-state index < -0.39 is 0 Å². The lowest BCUT2D eigenvalue weighted by molar-refractivity contribution is 0.0573. The number of carbonyl (C=O) groups excluding carboxylic acids is 1. The molecule has 2 fully saturated rings. The summed E-state index contributed by atoms with van der Waals surface area (Å²) in [7, 11) is 0. The normalized spacial score (nSPS) is 20.9. The van der Waals surface area contributed by atoms with E-state index in [9.17, 15) is 4.79 Å². The van der Waals surface area contributed by atoms with Crippen LogP contribution >= 0.6 is 0 Å². The van der Waals surface area contributed by atoms with Crippen molar-refractivity contribution in [3.05, 3.63) is 35.4 Å². The van der Waals surface area contributed by atoms with Crippen molar-refractivity contribution in [2.75, 3.05) is 26.2 Å². The summed E-state index contributed by atoms with van der Waals surface area (Å²) >= 11 is 0. The summed E-state index contributed by atoms with van der Waals surface area (Å²) in [5.41, 5.74) is 7.44. The van der Waals surface area contributed by atoms with Crippen molar-refractivity contribution in [2.24, 2.45) is 5.73 Å². The highest BCUT2D eigenvalue weighted by Crippen LogP contribution is 2.24. The molecule has 0 unspecified atom stereocenters. The van der Waals surface area contributed by atoms with Crippen LogP contribution in [0, 0.1) is 0 Å². The van der Waals surface area contributed by atoms with E-state index in [0.29, 0.717) is 6.54 Å².